The molecule has 0 atom stereocenters. The first-order valence-electron chi connectivity index (χ1n) is 7.66. The van der Waals surface area contributed by atoms with Gasteiger partial charge in [-0.15, -0.1) is 11.3 Å². The van der Waals surface area contributed by atoms with Crippen molar-refractivity contribution in [1.29, 1.82) is 0 Å². The Balaban J connectivity index is 1.57. The molecule has 0 saturated heterocycles. The van der Waals surface area contributed by atoms with Crippen LogP contribution in [0.25, 0.3) is 10.4 Å². The molecule has 1 aromatic carbocycles. The molecule has 2 heterocycles. The molecule has 0 saturated carbocycles. The van der Waals surface area contributed by atoms with E-state index in [4.69, 9.17) is 0 Å². The summed E-state index contributed by atoms with van der Waals surface area (Å²) in [6, 6.07) is 9.74. The molecule has 3 aromatic rings. The van der Waals surface area contributed by atoms with E-state index in [1.165, 1.54) is 16.8 Å². The first-order chi connectivity index (χ1) is 11.6. The number of thiophene rings is 1. The highest BCUT2D eigenvalue weighted by Gasteiger charge is 2.07. The fourth-order valence-electron chi connectivity index (χ4n) is 2.42. The largest absolute Gasteiger partial charge is 0.337 e. The molecule has 6 nitrogen and oxygen atoms in total. The van der Waals surface area contributed by atoms with Gasteiger partial charge in [-0.25, -0.2) is 9.78 Å². The van der Waals surface area contributed by atoms with E-state index in [0.717, 1.165) is 17.1 Å². The van der Waals surface area contributed by atoms with Gasteiger partial charge in [-0.2, -0.15) is 5.10 Å². The number of amides is 2. The number of anilines is 1. The third kappa shape index (κ3) is 3.80. The minimum absolute atomic E-state index is 0.225. The molecule has 0 bridgehead atoms. The topological polar surface area (TPSA) is 71.8 Å². The highest BCUT2D eigenvalue weighted by atomic mass is 32.1. The van der Waals surface area contributed by atoms with E-state index < -0.39 is 0 Å². The molecule has 0 fully saturated rings. The van der Waals surface area contributed by atoms with Gasteiger partial charge in [-0.3, -0.25) is 4.68 Å². The Morgan fingerprint density at radius 1 is 1.33 bits per heavy atom. The molecule has 2 N–H and O–H groups in total. The zero-order valence-corrected chi connectivity index (χ0v) is 14.4. The first kappa shape index (κ1) is 16.2. The van der Waals surface area contributed by atoms with Crippen molar-refractivity contribution in [1.82, 2.24) is 20.1 Å². The van der Waals surface area contributed by atoms with Crippen molar-refractivity contribution in [3.05, 3.63) is 53.4 Å². The molecule has 0 spiro atoms. The van der Waals surface area contributed by atoms with Crippen LogP contribution in [0.2, 0.25) is 0 Å². The van der Waals surface area contributed by atoms with Crippen molar-refractivity contribution in [2.45, 2.75) is 13.3 Å². The zero-order valence-electron chi connectivity index (χ0n) is 13.6. The predicted molar refractivity (Wildman–Crippen MR) is 96.2 cm³/mol. The predicted octanol–water partition coefficient (Wildman–Crippen LogP) is 3.22. The third-order valence-electron chi connectivity index (χ3n) is 3.68. The number of hydrogen-bond acceptors (Lipinski definition) is 4. The van der Waals surface area contributed by atoms with Gasteiger partial charge in [0, 0.05) is 30.6 Å². The van der Waals surface area contributed by atoms with Crippen molar-refractivity contribution >= 4 is 23.1 Å². The summed E-state index contributed by atoms with van der Waals surface area (Å²) in [7, 11) is 1.83. The summed E-state index contributed by atoms with van der Waals surface area (Å²) in [6.07, 6.45) is 2.14. The van der Waals surface area contributed by atoms with Crippen molar-refractivity contribution in [3.8, 4) is 10.4 Å². The smallest absolute Gasteiger partial charge is 0.319 e. The van der Waals surface area contributed by atoms with E-state index >= 15 is 0 Å². The lowest BCUT2D eigenvalue weighted by atomic mass is 10.1. The van der Waals surface area contributed by atoms with E-state index in [0.29, 0.717) is 13.0 Å². The molecule has 0 aliphatic carbocycles. The van der Waals surface area contributed by atoms with Crippen LogP contribution < -0.4 is 10.6 Å². The van der Waals surface area contributed by atoms with E-state index in [2.05, 4.69) is 45.2 Å². The van der Waals surface area contributed by atoms with Gasteiger partial charge in [-0.05, 0) is 41.6 Å². The molecule has 2 amide bonds. The molecule has 7 heteroatoms. The Morgan fingerprint density at radius 3 is 2.92 bits per heavy atom. The van der Waals surface area contributed by atoms with Gasteiger partial charge >= 0.3 is 6.03 Å². The monoisotopic (exact) mass is 341 g/mol. The number of nitrogens with zero attached hydrogens (tertiary/aromatic N) is 3. The van der Waals surface area contributed by atoms with Crippen LogP contribution >= 0.6 is 11.3 Å². The first-order valence-corrected chi connectivity index (χ1v) is 8.53. The summed E-state index contributed by atoms with van der Waals surface area (Å²) in [4.78, 5) is 17.4. The average Bonchev–Trinajstić information content (AvgIpc) is 3.16. The summed E-state index contributed by atoms with van der Waals surface area (Å²) in [5.41, 5.74) is 3.13. The maximum absolute atomic E-state index is 12.0. The number of aryl methyl sites for hydroxylation is 2. The molecular weight excluding hydrogens is 322 g/mol. The zero-order chi connectivity index (χ0) is 16.9. The van der Waals surface area contributed by atoms with Crippen LogP contribution in [0.3, 0.4) is 0 Å². The van der Waals surface area contributed by atoms with Crippen LogP contribution in [0.15, 0.2) is 42.0 Å². The summed E-state index contributed by atoms with van der Waals surface area (Å²) in [6.45, 7) is 2.59. The second kappa shape index (κ2) is 7.27. The molecule has 0 aliphatic rings. The summed E-state index contributed by atoms with van der Waals surface area (Å²) >= 11 is 1.70. The quantitative estimate of drug-likeness (QED) is 0.748. The Kier molecular flexibility index (Phi) is 4.90. The minimum Gasteiger partial charge on any atom is -0.337 e. The number of nitrogens with one attached hydrogen (secondary N) is 2. The summed E-state index contributed by atoms with van der Waals surface area (Å²) in [5.74, 6) is 0.838. The van der Waals surface area contributed by atoms with E-state index in [1.807, 2.05) is 25.2 Å². The van der Waals surface area contributed by atoms with E-state index in [1.54, 1.807) is 16.0 Å². The van der Waals surface area contributed by atoms with Crippen LogP contribution in [-0.4, -0.2) is 27.3 Å². The van der Waals surface area contributed by atoms with Crippen LogP contribution in [0.5, 0.6) is 0 Å². The number of benzene rings is 1. The Labute approximate surface area is 144 Å². The van der Waals surface area contributed by atoms with Crippen molar-refractivity contribution in [3.63, 3.8) is 0 Å². The lowest BCUT2D eigenvalue weighted by Crippen LogP contribution is -2.30. The van der Waals surface area contributed by atoms with Crippen molar-refractivity contribution < 1.29 is 4.79 Å². The molecule has 124 valence electrons. The lowest BCUT2D eigenvalue weighted by molar-refractivity contribution is 0.252. The molecule has 2 aromatic heterocycles. The molecule has 0 aliphatic heterocycles. The highest BCUT2D eigenvalue weighted by Crippen LogP contribution is 2.30. The Hall–Kier alpha value is -2.67. The van der Waals surface area contributed by atoms with Crippen molar-refractivity contribution in [2.24, 2.45) is 7.05 Å². The molecule has 3 rings (SSSR count). The van der Waals surface area contributed by atoms with Crippen LogP contribution in [-0.2, 0) is 13.5 Å². The standard InChI is InChI=1S/C17H19N5OS/c1-12-7-9-24-16(12)13-4-3-5-14(10-13)21-17(23)18-8-6-15-19-11-20-22(15)2/h3-5,7,9-11H,6,8H2,1-2H3,(H2,18,21,23). The fourth-order valence-corrected chi connectivity index (χ4v) is 3.34. The van der Waals surface area contributed by atoms with Gasteiger partial charge in [0.1, 0.15) is 12.2 Å². The Morgan fingerprint density at radius 2 is 2.21 bits per heavy atom. The normalized spacial score (nSPS) is 10.6. The third-order valence-corrected chi connectivity index (χ3v) is 4.75. The SMILES string of the molecule is Cc1ccsc1-c1cccc(NC(=O)NCCc2ncnn2C)c1. The van der Waals surface area contributed by atoms with Gasteiger partial charge < -0.3 is 10.6 Å². The van der Waals surface area contributed by atoms with Crippen LogP contribution in [0.1, 0.15) is 11.4 Å². The number of hydrogen-bond donors (Lipinski definition) is 2. The Bertz CT molecular complexity index is 839. The molecule has 0 radical (unpaired) electrons. The fraction of sp³-hybridized carbons (Fsp3) is 0.235. The number of rotatable bonds is 5. The summed E-state index contributed by atoms with van der Waals surface area (Å²) in [5, 5.41) is 11.8. The maximum Gasteiger partial charge on any atom is 0.319 e. The maximum atomic E-state index is 12.0. The van der Waals surface area contributed by atoms with Crippen molar-refractivity contribution in [2.75, 3.05) is 11.9 Å². The van der Waals surface area contributed by atoms with Gasteiger partial charge in [0.2, 0.25) is 0 Å². The van der Waals surface area contributed by atoms with Gasteiger partial charge in [-0.1, -0.05) is 12.1 Å². The number of carbonyl (C=O) groups excluding carboxylic acids is 1. The summed E-state index contributed by atoms with van der Waals surface area (Å²) < 4.78 is 1.70. The molecule has 24 heavy (non-hydrogen) atoms. The number of aromatic nitrogens is 3. The highest BCUT2D eigenvalue weighted by molar-refractivity contribution is 7.13. The van der Waals surface area contributed by atoms with Gasteiger partial charge in [0.15, 0.2) is 0 Å². The number of urea groups is 1. The second-order valence-corrected chi connectivity index (χ2v) is 6.36. The minimum atomic E-state index is -0.225. The van der Waals surface area contributed by atoms with Crippen LogP contribution in [0, 0.1) is 6.92 Å². The second-order valence-electron chi connectivity index (χ2n) is 5.44. The van der Waals surface area contributed by atoms with Crippen LogP contribution in [0.4, 0.5) is 10.5 Å². The average molecular weight is 341 g/mol. The lowest BCUT2D eigenvalue weighted by Gasteiger charge is -2.09. The molecular formula is C17H19N5OS. The van der Waals surface area contributed by atoms with E-state index in [-0.39, 0.29) is 6.03 Å². The van der Waals surface area contributed by atoms with Gasteiger partial charge in [0.05, 0.1) is 0 Å². The van der Waals surface area contributed by atoms with E-state index in [9.17, 15) is 4.79 Å². The molecule has 0 unspecified atom stereocenters. The number of carbonyl (C=O) groups is 1. The van der Waals surface area contributed by atoms with Gasteiger partial charge in [0.25, 0.3) is 0 Å².